The highest BCUT2D eigenvalue weighted by molar-refractivity contribution is 8.01. The van der Waals surface area contributed by atoms with Crippen LogP contribution in [0.4, 0.5) is 0 Å². The van der Waals surface area contributed by atoms with Gasteiger partial charge in [-0.2, -0.15) is 0 Å². The lowest BCUT2D eigenvalue weighted by atomic mass is 10.1. The molecule has 0 radical (unpaired) electrons. The van der Waals surface area contributed by atoms with E-state index in [4.69, 9.17) is 0 Å². The minimum absolute atomic E-state index is 0.0295. The average molecular weight is 265 g/mol. The zero-order valence-electron chi connectivity index (χ0n) is 11.7. The number of carbonyl (C=O) groups excluding carboxylic acids is 1. The van der Waals surface area contributed by atoms with E-state index in [-0.39, 0.29) is 11.2 Å². The topological polar surface area (TPSA) is 29.1 Å². The summed E-state index contributed by atoms with van der Waals surface area (Å²) in [5.41, 5.74) is 2.60. The van der Waals surface area contributed by atoms with Crippen LogP contribution in [0.15, 0.2) is 24.3 Å². The average Bonchev–Trinajstić information content (AvgIpc) is 2.30. The number of aryl methyl sites for hydroxylation is 1. The van der Waals surface area contributed by atoms with Crippen molar-refractivity contribution in [2.24, 2.45) is 0 Å². The lowest BCUT2D eigenvalue weighted by Gasteiger charge is -2.14. The fourth-order valence-electron chi connectivity index (χ4n) is 1.82. The Morgan fingerprint density at radius 3 is 2.56 bits per heavy atom. The number of hydrogen-bond acceptors (Lipinski definition) is 2. The molecule has 1 rings (SSSR count). The molecule has 0 saturated heterocycles. The molecule has 0 spiro atoms. The third-order valence-corrected chi connectivity index (χ3v) is 3.97. The van der Waals surface area contributed by atoms with Crippen LogP contribution < -0.4 is 5.32 Å². The first kappa shape index (κ1) is 15.1. The molecule has 1 atom stereocenters. The molecule has 18 heavy (non-hydrogen) atoms. The van der Waals surface area contributed by atoms with Crippen molar-refractivity contribution in [2.45, 2.75) is 44.6 Å². The van der Waals surface area contributed by atoms with E-state index >= 15 is 0 Å². The number of rotatable bonds is 6. The van der Waals surface area contributed by atoms with E-state index in [0.717, 1.165) is 6.42 Å². The summed E-state index contributed by atoms with van der Waals surface area (Å²) >= 11 is 1.70. The van der Waals surface area contributed by atoms with E-state index in [1.54, 1.807) is 11.8 Å². The summed E-state index contributed by atoms with van der Waals surface area (Å²) in [6, 6.07) is 8.31. The van der Waals surface area contributed by atoms with Crippen LogP contribution in [-0.2, 0) is 11.2 Å². The molecule has 0 bridgehead atoms. The number of hydrogen-bond donors (Lipinski definition) is 1. The normalized spacial score (nSPS) is 12.5. The Balaban J connectivity index is 2.34. The molecular formula is C15H23NOS. The van der Waals surface area contributed by atoms with Gasteiger partial charge in [0.2, 0.25) is 5.91 Å². The number of thioether (sulfide) groups is 1. The van der Waals surface area contributed by atoms with Crippen molar-refractivity contribution >= 4 is 17.7 Å². The zero-order valence-corrected chi connectivity index (χ0v) is 12.5. The third kappa shape index (κ3) is 5.13. The molecule has 0 aromatic heterocycles. The second-order valence-corrected chi connectivity index (χ2v) is 6.72. The van der Waals surface area contributed by atoms with Crippen LogP contribution in [0.2, 0.25) is 0 Å². The van der Waals surface area contributed by atoms with Crippen molar-refractivity contribution in [3.05, 3.63) is 35.4 Å². The molecule has 0 fully saturated rings. The van der Waals surface area contributed by atoms with E-state index in [1.807, 2.05) is 19.1 Å². The summed E-state index contributed by atoms with van der Waals surface area (Å²) in [7, 11) is 0. The lowest BCUT2D eigenvalue weighted by molar-refractivity contribution is -0.120. The van der Waals surface area contributed by atoms with E-state index in [1.165, 1.54) is 11.1 Å². The highest BCUT2D eigenvalue weighted by Gasteiger charge is 2.14. The fraction of sp³-hybridized carbons (Fsp3) is 0.533. The van der Waals surface area contributed by atoms with E-state index < -0.39 is 0 Å². The van der Waals surface area contributed by atoms with Gasteiger partial charge in [0.1, 0.15) is 0 Å². The van der Waals surface area contributed by atoms with Crippen LogP contribution >= 0.6 is 11.8 Å². The van der Waals surface area contributed by atoms with Gasteiger partial charge in [0.25, 0.3) is 0 Å². The molecule has 3 heteroatoms. The highest BCUT2D eigenvalue weighted by Crippen LogP contribution is 2.16. The first-order chi connectivity index (χ1) is 8.50. The van der Waals surface area contributed by atoms with Gasteiger partial charge in [-0.15, -0.1) is 11.8 Å². The predicted molar refractivity (Wildman–Crippen MR) is 80.1 cm³/mol. The molecule has 1 amide bonds. The quantitative estimate of drug-likeness (QED) is 0.856. The summed E-state index contributed by atoms with van der Waals surface area (Å²) in [6.07, 6.45) is 0.900. The van der Waals surface area contributed by atoms with Crippen LogP contribution in [0.3, 0.4) is 0 Å². The number of amides is 1. The molecule has 2 nitrogen and oxygen atoms in total. The van der Waals surface area contributed by atoms with Gasteiger partial charge in [-0.1, -0.05) is 38.1 Å². The Kier molecular flexibility index (Phi) is 6.27. The summed E-state index contributed by atoms with van der Waals surface area (Å²) in [5.74, 6) is 0.141. The molecule has 1 N–H and O–H groups in total. The molecule has 0 aliphatic heterocycles. The van der Waals surface area contributed by atoms with Crippen molar-refractivity contribution in [3.8, 4) is 0 Å². The van der Waals surface area contributed by atoms with Gasteiger partial charge < -0.3 is 5.32 Å². The Morgan fingerprint density at radius 1 is 1.28 bits per heavy atom. The van der Waals surface area contributed by atoms with Gasteiger partial charge in [-0.3, -0.25) is 4.79 Å². The molecule has 1 aromatic carbocycles. The first-order valence-electron chi connectivity index (χ1n) is 6.48. The second-order valence-electron chi connectivity index (χ2n) is 4.79. The maximum atomic E-state index is 11.8. The Hall–Kier alpha value is -0.960. The number of nitrogens with one attached hydrogen (secondary N) is 1. The minimum atomic E-state index is 0.0295. The van der Waals surface area contributed by atoms with E-state index in [2.05, 4.69) is 38.2 Å². The van der Waals surface area contributed by atoms with Crippen LogP contribution in [-0.4, -0.2) is 23.0 Å². The molecule has 0 aliphatic carbocycles. The van der Waals surface area contributed by atoms with Crippen LogP contribution in [0.25, 0.3) is 0 Å². The van der Waals surface area contributed by atoms with Crippen molar-refractivity contribution in [2.75, 3.05) is 6.54 Å². The van der Waals surface area contributed by atoms with Gasteiger partial charge in [0, 0.05) is 6.54 Å². The van der Waals surface area contributed by atoms with Crippen LogP contribution in [0.1, 0.15) is 31.9 Å². The molecular weight excluding hydrogens is 242 g/mol. The maximum Gasteiger partial charge on any atom is 0.232 e. The highest BCUT2D eigenvalue weighted by atomic mass is 32.2. The first-order valence-corrected chi connectivity index (χ1v) is 7.42. The van der Waals surface area contributed by atoms with Crippen molar-refractivity contribution in [1.29, 1.82) is 0 Å². The van der Waals surface area contributed by atoms with Crippen molar-refractivity contribution in [3.63, 3.8) is 0 Å². The molecule has 0 saturated carbocycles. The molecule has 0 aliphatic rings. The summed E-state index contributed by atoms with van der Waals surface area (Å²) in [6.45, 7) is 9.01. The second kappa shape index (κ2) is 7.47. The SMILES string of the molecule is Cc1ccccc1CCNC(=O)[C@H](C)SC(C)C. The van der Waals surface area contributed by atoms with Crippen LogP contribution in [0.5, 0.6) is 0 Å². The number of benzene rings is 1. The maximum absolute atomic E-state index is 11.8. The van der Waals surface area contributed by atoms with Gasteiger partial charge in [-0.05, 0) is 36.6 Å². The predicted octanol–water partition coefficient (Wildman–Crippen LogP) is 3.18. The summed E-state index contributed by atoms with van der Waals surface area (Å²) in [4.78, 5) is 11.8. The third-order valence-electron chi connectivity index (χ3n) is 2.80. The molecule has 100 valence electrons. The molecule has 1 aromatic rings. The molecule has 0 heterocycles. The Morgan fingerprint density at radius 2 is 1.94 bits per heavy atom. The Labute approximate surface area is 115 Å². The van der Waals surface area contributed by atoms with Crippen molar-refractivity contribution < 1.29 is 4.79 Å². The standard InChI is InChI=1S/C15H23NOS/c1-11(2)18-13(4)15(17)16-10-9-14-8-6-5-7-12(14)3/h5-8,11,13H,9-10H2,1-4H3,(H,16,17)/t13-/m0/s1. The summed E-state index contributed by atoms with van der Waals surface area (Å²) in [5, 5.41) is 3.52. The largest absolute Gasteiger partial charge is 0.355 e. The van der Waals surface area contributed by atoms with Gasteiger partial charge >= 0.3 is 0 Å². The van der Waals surface area contributed by atoms with Gasteiger partial charge in [-0.25, -0.2) is 0 Å². The van der Waals surface area contributed by atoms with E-state index in [0.29, 0.717) is 11.8 Å². The van der Waals surface area contributed by atoms with Gasteiger partial charge in [0.05, 0.1) is 5.25 Å². The monoisotopic (exact) mass is 265 g/mol. The van der Waals surface area contributed by atoms with Crippen LogP contribution in [0, 0.1) is 6.92 Å². The van der Waals surface area contributed by atoms with E-state index in [9.17, 15) is 4.79 Å². The Bertz CT molecular complexity index is 390. The fourth-order valence-corrected chi connectivity index (χ4v) is 2.85. The zero-order chi connectivity index (χ0) is 13.5. The smallest absolute Gasteiger partial charge is 0.232 e. The van der Waals surface area contributed by atoms with Crippen molar-refractivity contribution in [1.82, 2.24) is 5.32 Å². The van der Waals surface area contributed by atoms with Gasteiger partial charge in [0.15, 0.2) is 0 Å². The minimum Gasteiger partial charge on any atom is -0.355 e. The number of carbonyl (C=O) groups is 1. The molecule has 0 unspecified atom stereocenters. The lowest BCUT2D eigenvalue weighted by Crippen LogP contribution is -2.33. The summed E-state index contributed by atoms with van der Waals surface area (Å²) < 4.78 is 0.